The summed E-state index contributed by atoms with van der Waals surface area (Å²) in [4.78, 5) is 9.08. The van der Waals surface area contributed by atoms with E-state index in [9.17, 15) is 0 Å². The van der Waals surface area contributed by atoms with Crippen LogP contribution in [-0.2, 0) is 19.4 Å². The number of tetrazole rings is 1. The molecule has 0 unspecified atom stereocenters. The molecule has 0 bridgehead atoms. The lowest BCUT2D eigenvalue weighted by Crippen LogP contribution is -2.06. The van der Waals surface area contributed by atoms with E-state index in [1.54, 1.807) is 6.20 Å². The first kappa shape index (κ1) is 19.9. The van der Waals surface area contributed by atoms with Crippen molar-refractivity contribution in [3.05, 3.63) is 59.9 Å². The average Bonchev–Trinajstić information content (AvgIpc) is 3.44. The van der Waals surface area contributed by atoms with Crippen molar-refractivity contribution in [2.45, 2.75) is 52.5 Å². The maximum absolute atomic E-state index is 4.80. The minimum Gasteiger partial charge on any atom is -0.264 e. The van der Waals surface area contributed by atoms with Gasteiger partial charge in [0.05, 0.1) is 0 Å². The van der Waals surface area contributed by atoms with Gasteiger partial charge in [0.15, 0.2) is 5.82 Å². The number of unbranched alkanes of at least 4 members (excludes halogenated alkanes) is 1. The first-order valence-electron chi connectivity index (χ1n) is 10.5. The van der Waals surface area contributed by atoms with Crippen LogP contribution in [0.15, 0.2) is 42.7 Å². The van der Waals surface area contributed by atoms with Crippen molar-refractivity contribution >= 4 is 0 Å². The molecular weight excluding hydrogens is 376 g/mol. The fourth-order valence-electron chi connectivity index (χ4n) is 3.47. The number of aromatic nitrogens is 8. The summed E-state index contributed by atoms with van der Waals surface area (Å²) in [6, 6.07) is 10.4. The van der Waals surface area contributed by atoms with Crippen molar-refractivity contribution in [3.63, 3.8) is 0 Å². The number of hydrogen-bond acceptors (Lipinski definition) is 6. The van der Waals surface area contributed by atoms with Crippen LogP contribution < -0.4 is 0 Å². The number of benzene rings is 1. The number of hydrogen-bond donors (Lipinski definition) is 1. The molecule has 8 heteroatoms. The van der Waals surface area contributed by atoms with Crippen molar-refractivity contribution in [2.75, 3.05) is 0 Å². The van der Waals surface area contributed by atoms with E-state index in [0.29, 0.717) is 5.82 Å². The third-order valence-electron chi connectivity index (χ3n) is 5.02. The summed E-state index contributed by atoms with van der Waals surface area (Å²) in [5.74, 6) is 2.55. The van der Waals surface area contributed by atoms with E-state index in [1.807, 2.05) is 12.3 Å². The molecule has 8 nitrogen and oxygen atoms in total. The molecule has 0 saturated carbocycles. The summed E-state index contributed by atoms with van der Waals surface area (Å²) in [6.45, 7) is 5.26. The molecule has 154 valence electrons. The minimum absolute atomic E-state index is 0.559. The molecule has 3 aromatic heterocycles. The van der Waals surface area contributed by atoms with Gasteiger partial charge in [-0.15, -0.1) is 10.2 Å². The molecule has 1 N–H and O–H groups in total. The molecule has 0 saturated heterocycles. The van der Waals surface area contributed by atoms with E-state index in [-0.39, 0.29) is 0 Å². The Morgan fingerprint density at radius 1 is 1.00 bits per heavy atom. The first-order chi connectivity index (χ1) is 14.8. The molecule has 0 atom stereocenters. The zero-order chi connectivity index (χ0) is 20.8. The third kappa shape index (κ3) is 4.42. The highest BCUT2D eigenvalue weighted by Gasteiger charge is 2.13. The zero-order valence-corrected chi connectivity index (χ0v) is 17.4. The molecule has 0 aliphatic rings. The van der Waals surface area contributed by atoms with Gasteiger partial charge in [0, 0.05) is 42.9 Å². The van der Waals surface area contributed by atoms with Gasteiger partial charge in [-0.3, -0.25) is 4.98 Å². The van der Waals surface area contributed by atoms with Crippen LogP contribution in [0.4, 0.5) is 0 Å². The summed E-state index contributed by atoms with van der Waals surface area (Å²) < 4.78 is 2.06. The fraction of sp³-hybridized carbons (Fsp3) is 0.364. The van der Waals surface area contributed by atoms with E-state index >= 15 is 0 Å². The molecule has 0 radical (unpaired) electrons. The van der Waals surface area contributed by atoms with E-state index in [0.717, 1.165) is 67.0 Å². The SMILES string of the molecule is CCCCc1nc(Cc2ccc(-c3cnccc3-c3nn[nH]n3)cc2)n(CCC)n1. The molecule has 0 aliphatic heterocycles. The van der Waals surface area contributed by atoms with Crippen LogP contribution in [0.2, 0.25) is 0 Å². The first-order valence-corrected chi connectivity index (χ1v) is 10.5. The lowest BCUT2D eigenvalue weighted by atomic mass is 9.99. The second kappa shape index (κ2) is 9.39. The van der Waals surface area contributed by atoms with Gasteiger partial charge in [0.2, 0.25) is 5.82 Å². The predicted octanol–water partition coefficient (Wildman–Crippen LogP) is 3.86. The summed E-state index contributed by atoms with van der Waals surface area (Å²) in [5, 5.41) is 19.1. The molecular formula is C22H26N8. The van der Waals surface area contributed by atoms with Crippen molar-refractivity contribution in [2.24, 2.45) is 0 Å². The monoisotopic (exact) mass is 402 g/mol. The Labute approximate surface area is 175 Å². The van der Waals surface area contributed by atoms with E-state index in [4.69, 9.17) is 10.1 Å². The second-order valence-electron chi connectivity index (χ2n) is 7.30. The Balaban J connectivity index is 1.56. The van der Waals surface area contributed by atoms with Gasteiger partial charge in [0.25, 0.3) is 0 Å². The third-order valence-corrected chi connectivity index (χ3v) is 5.02. The molecule has 3 heterocycles. The van der Waals surface area contributed by atoms with Gasteiger partial charge in [-0.1, -0.05) is 44.5 Å². The van der Waals surface area contributed by atoms with Gasteiger partial charge < -0.3 is 0 Å². The van der Waals surface area contributed by atoms with Crippen LogP contribution >= 0.6 is 0 Å². The molecule has 0 fully saturated rings. The Morgan fingerprint density at radius 2 is 1.87 bits per heavy atom. The van der Waals surface area contributed by atoms with E-state index < -0.39 is 0 Å². The van der Waals surface area contributed by atoms with Gasteiger partial charge in [0.1, 0.15) is 5.82 Å². The average molecular weight is 403 g/mol. The highest BCUT2D eigenvalue weighted by molar-refractivity contribution is 5.79. The van der Waals surface area contributed by atoms with Crippen LogP contribution in [0.25, 0.3) is 22.5 Å². The maximum atomic E-state index is 4.80. The van der Waals surface area contributed by atoms with Crippen molar-refractivity contribution in [1.82, 2.24) is 40.4 Å². The number of H-pyrrole nitrogens is 1. The lowest BCUT2D eigenvalue weighted by molar-refractivity contribution is 0.569. The normalized spacial score (nSPS) is 11.1. The van der Waals surface area contributed by atoms with Crippen molar-refractivity contribution in [3.8, 4) is 22.5 Å². The standard InChI is InChI=1S/C22H26N8/c1-3-5-6-20-24-21(30(27-20)13-4-2)14-16-7-9-17(10-8-16)19-15-23-12-11-18(19)22-25-28-29-26-22/h7-12,15H,3-6,13-14H2,1-2H3,(H,25,26,28,29). The largest absolute Gasteiger partial charge is 0.264 e. The van der Waals surface area contributed by atoms with Crippen LogP contribution in [0.3, 0.4) is 0 Å². The molecule has 0 amide bonds. The maximum Gasteiger partial charge on any atom is 0.205 e. The van der Waals surface area contributed by atoms with Crippen molar-refractivity contribution in [1.29, 1.82) is 0 Å². The summed E-state index contributed by atoms with van der Waals surface area (Å²) in [5.41, 5.74) is 4.14. The number of nitrogens with one attached hydrogen (secondary N) is 1. The number of aryl methyl sites for hydroxylation is 2. The lowest BCUT2D eigenvalue weighted by Gasteiger charge is -2.08. The summed E-state index contributed by atoms with van der Waals surface area (Å²) in [6.07, 6.45) is 8.60. The summed E-state index contributed by atoms with van der Waals surface area (Å²) in [7, 11) is 0. The molecule has 4 rings (SSSR count). The van der Waals surface area contributed by atoms with E-state index in [2.05, 4.69) is 68.4 Å². The number of nitrogens with zero attached hydrogens (tertiary/aromatic N) is 7. The zero-order valence-electron chi connectivity index (χ0n) is 17.4. The van der Waals surface area contributed by atoms with Crippen LogP contribution in [0.1, 0.15) is 50.3 Å². The molecule has 30 heavy (non-hydrogen) atoms. The predicted molar refractivity (Wildman–Crippen MR) is 115 cm³/mol. The molecule has 0 aliphatic carbocycles. The second-order valence-corrected chi connectivity index (χ2v) is 7.30. The Bertz CT molecular complexity index is 1070. The van der Waals surface area contributed by atoms with Crippen LogP contribution in [-0.4, -0.2) is 40.4 Å². The number of rotatable bonds is 9. The summed E-state index contributed by atoms with van der Waals surface area (Å²) >= 11 is 0. The van der Waals surface area contributed by atoms with Crippen LogP contribution in [0.5, 0.6) is 0 Å². The molecule has 0 spiro atoms. The molecule has 1 aromatic carbocycles. The highest BCUT2D eigenvalue weighted by Crippen LogP contribution is 2.29. The van der Waals surface area contributed by atoms with Gasteiger partial charge in [-0.05, 0) is 35.2 Å². The number of aromatic amines is 1. The number of pyridine rings is 1. The minimum atomic E-state index is 0.559. The van der Waals surface area contributed by atoms with Crippen molar-refractivity contribution < 1.29 is 0 Å². The Hall–Kier alpha value is -3.42. The van der Waals surface area contributed by atoms with Crippen LogP contribution in [0, 0.1) is 0 Å². The molecule has 4 aromatic rings. The van der Waals surface area contributed by atoms with E-state index in [1.165, 1.54) is 5.56 Å². The smallest absolute Gasteiger partial charge is 0.205 e. The highest BCUT2D eigenvalue weighted by atomic mass is 15.5. The van der Waals surface area contributed by atoms with Gasteiger partial charge >= 0.3 is 0 Å². The fourth-order valence-corrected chi connectivity index (χ4v) is 3.47. The Kier molecular flexibility index (Phi) is 6.22. The van der Waals surface area contributed by atoms with Gasteiger partial charge in [-0.2, -0.15) is 10.3 Å². The quantitative estimate of drug-likeness (QED) is 0.456. The topological polar surface area (TPSA) is 98.1 Å². The van der Waals surface area contributed by atoms with Gasteiger partial charge in [-0.25, -0.2) is 9.67 Å². The Morgan fingerprint density at radius 3 is 2.60 bits per heavy atom.